The first-order valence-electron chi connectivity index (χ1n) is 8.65. The maximum absolute atomic E-state index is 12.4. The van der Waals surface area contributed by atoms with Crippen LogP contribution in [-0.4, -0.2) is 47.8 Å². The average molecular weight is 391 g/mol. The van der Waals surface area contributed by atoms with E-state index in [2.05, 4.69) is 15.9 Å². The Balaban J connectivity index is 1.49. The Morgan fingerprint density at radius 2 is 1.54 bits per heavy atom. The van der Waals surface area contributed by atoms with Gasteiger partial charge in [0.25, 0.3) is 0 Å². The molecule has 3 rings (SSSR count). The summed E-state index contributed by atoms with van der Waals surface area (Å²) in [7, 11) is 0. The Morgan fingerprint density at radius 3 is 2.17 bits per heavy atom. The predicted molar refractivity (Wildman–Crippen MR) is 98.3 cm³/mol. The topological polar surface area (TPSA) is 40.6 Å². The van der Waals surface area contributed by atoms with Crippen molar-refractivity contribution in [3.05, 3.63) is 40.4 Å². The lowest BCUT2D eigenvalue weighted by molar-refractivity contribution is -0.140. The zero-order valence-electron chi connectivity index (χ0n) is 13.8. The number of carbonyl (C=O) groups is 2. The third-order valence-electron chi connectivity index (χ3n) is 4.90. The van der Waals surface area contributed by atoms with Gasteiger partial charge in [-0.2, -0.15) is 0 Å². The number of rotatable bonds is 3. The predicted octanol–water partition coefficient (Wildman–Crippen LogP) is 3.32. The largest absolute Gasteiger partial charge is 0.339 e. The summed E-state index contributed by atoms with van der Waals surface area (Å²) in [6.07, 6.45) is 7.88. The molecule has 1 saturated heterocycles. The van der Waals surface area contributed by atoms with Crippen molar-refractivity contribution in [2.75, 3.05) is 26.2 Å². The van der Waals surface area contributed by atoms with E-state index < -0.39 is 0 Å². The van der Waals surface area contributed by atoms with Gasteiger partial charge in [-0.05, 0) is 36.6 Å². The highest BCUT2D eigenvalue weighted by Gasteiger charge is 2.29. The molecule has 1 heterocycles. The molecule has 2 fully saturated rings. The fourth-order valence-electron chi connectivity index (χ4n) is 3.42. The van der Waals surface area contributed by atoms with E-state index in [1.807, 2.05) is 40.1 Å². The third kappa shape index (κ3) is 4.26. The van der Waals surface area contributed by atoms with E-state index in [1.54, 1.807) is 6.08 Å². The molecule has 0 radical (unpaired) electrons. The lowest BCUT2D eigenvalue weighted by Gasteiger charge is -2.35. The number of nitrogens with zero attached hydrogens (tertiary/aromatic N) is 2. The van der Waals surface area contributed by atoms with Crippen LogP contribution in [-0.2, 0) is 9.59 Å². The first-order chi connectivity index (χ1) is 11.6. The molecule has 0 spiro atoms. The van der Waals surface area contributed by atoms with Gasteiger partial charge in [-0.25, -0.2) is 0 Å². The fourth-order valence-corrected chi connectivity index (χ4v) is 3.69. The maximum atomic E-state index is 12.4. The van der Waals surface area contributed by atoms with E-state index in [-0.39, 0.29) is 11.8 Å². The Hall–Kier alpha value is -1.62. The Kier molecular flexibility index (Phi) is 5.72. The van der Waals surface area contributed by atoms with Crippen molar-refractivity contribution >= 4 is 33.8 Å². The summed E-state index contributed by atoms with van der Waals surface area (Å²) < 4.78 is 1.02. The molecule has 4 nitrogen and oxygen atoms in total. The summed E-state index contributed by atoms with van der Waals surface area (Å²) >= 11 is 3.40. The van der Waals surface area contributed by atoms with E-state index in [0.29, 0.717) is 32.1 Å². The van der Waals surface area contributed by atoms with Gasteiger partial charge in [0.2, 0.25) is 11.8 Å². The van der Waals surface area contributed by atoms with E-state index in [9.17, 15) is 9.59 Å². The molecule has 128 valence electrons. The normalized spacial score (nSPS) is 19.2. The third-order valence-corrected chi connectivity index (χ3v) is 5.42. The summed E-state index contributed by atoms with van der Waals surface area (Å²) in [5.74, 6) is 0.542. The van der Waals surface area contributed by atoms with Crippen molar-refractivity contribution < 1.29 is 9.59 Å². The van der Waals surface area contributed by atoms with Gasteiger partial charge in [-0.15, -0.1) is 0 Å². The number of piperazine rings is 1. The minimum absolute atomic E-state index is 0.0193. The van der Waals surface area contributed by atoms with Gasteiger partial charge < -0.3 is 9.80 Å². The molecular weight excluding hydrogens is 368 g/mol. The summed E-state index contributed by atoms with van der Waals surface area (Å²) in [5, 5.41) is 0. The van der Waals surface area contributed by atoms with Gasteiger partial charge in [0.05, 0.1) is 0 Å². The molecule has 0 aromatic heterocycles. The number of amides is 2. The molecule has 1 aromatic carbocycles. The smallest absolute Gasteiger partial charge is 0.246 e. The summed E-state index contributed by atoms with van der Waals surface area (Å²) in [4.78, 5) is 28.5. The molecule has 1 aliphatic heterocycles. The number of halogens is 1. The van der Waals surface area contributed by atoms with E-state index in [4.69, 9.17) is 0 Å². The molecule has 1 aromatic rings. The van der Waals surface area contributed by atoms with Gasteiger partial charge in [0.1, 0.15) is 0 Å². The first-order valence-corrected chi connectivity index (χ1v) is 9.44. The van der Waals surface area contributed by atoms with Crippen molar-refractivity contribution in [3.8, 4) is 0 Å². The molecule has 0 unspecified atom stereocenters. The number of carbonyl (C=O) groups excluding carboxylic acids is 2. The molecule has 0 bridgehead atoms. The molecule has 1 saturated carbocycles. The van der Waals surface area contributed by atoms with Gasteiger partial charge in [-0.3, -0.25) is 9.59 Å². The SMILES string of the molecule is O=C(/C=C/c1ccc(Br)cc1)N1CCN(C(=O)C2CCCC2)CC1. The van der Waals surface area contributed by atoms with Gasteiger partial charge >= 0.3 is 0 Å². The second kappa shape index (κ2) is 7.97. The van der Waals surface area contributed by atoms with Crippen molar-refractivity contribution in [1.82, 2.24) is 9.80 Å². The van der Waals surface area contributed by atoms with Crippen molar-refractivity contribution in [2.24, 2.45) is 5.92 Å². The van der Waals surface area contributed by atoms with Crippen molar-refractivity contribution in [1.29, 1.82) is 0 Å². The standard InChI is InChI=1S/C19H23BrN2O2/c20-17-8-5-15(6-9-17)7-10-18(23)21-11-13-22(14-12-21)19(24)16-3-1-2-4-16/h5-10,16H,1-4,11-14H2/b10-7+. The van der Waals surface area contributed by atoms with Crippen molar-refractivity contribution in [2.45, 2.75) is 25.7 Å². The Labute approximate surface area is 151 Å². The number of benzene rings is 1. The van der Waals surface area contributed by atoms with Crippen LogP contribution in [0.3, 0.4) is 0 Å². The lowest BCUT2D eigenvalue weighted by atomic mass is 10.1. The fraction of sp³-hybridized carbons (Fsp3) is 0.474. The molecule has 2 amide bonds. The van der Waals surface area contributed by atoms with Gasteiger partial charge in [-0.1, -0.05) is 40.9 Å². The molecule has 2 aliphatic rings. The van der Waals surface area contributed by atoms with Gasteiger partial charge in [0, 0.05) is 42.6 Å². The number of hydrogen-bond donors (Lipinski definition) is 0. The Bertz CT molecular complexity index is 613. The van der Waals surface area contributed by atoms with Crippen LogP contribution in [0.1, 0.15) is 31.2 Å². The molecule has 5 heteroatoms. The summed E-state index contributed by atoms with van der Waals surface area (Å²) in [6.45, 7) is 2.57. The van der Waals surface area contributed by atoms with E-state index in [1.165, 1.54) is 12.8 Å². The zero-order valence-corrected chi connectivity index (χ0v) is 15.4. The molecular formula is C19H23BrN2O2. The highest BCUT2D eigenvalue weighted by atomic mass is 79.9. The van der Waals surface area contributed by atoms with E-state index >= 15 is 0 Å². The summed E-state index contributed by atoms with van der Waals surface area (Å²) in [5.41, 5.74) is 1.00. The second-order valence-electron chi connectivity index (χ2n) is 6.52. The molecule has 0 atom stereocenters. The zero-order chi connectivity index (χ0) is 16.9. The van der Waals surface area contributed by atoms with Crippen LogP contribution >= 0.6 is 15.9 Å². The maximum Gasteiger partial charge on any atom is 0.246 e. The summed E-state index contributed by atoms with van der Waals surface area (Å²) in [6, 6.07) is 7.84. The van der Waals surface area contributed by atoms with Gasteiger partial charge in [0.15, 0.2) is 0 Å². The minimum Gasteiger partial charge on any atom is -0.339 e. The highest BCUT2D eigenvalue weighted by molar-refractivity contribution is 9.10. The van der Waals surface area contributed by atoms with E-state index in [0.717, 1.165) is 22.9 Å². The van der Waals surface area contributed by atoms with Crippen LogP contribution in [0.15, 0.2) is 34.8 Å². The van der Waals surface area contributed by atoms with Crippen LogP contribution in [0.4, 0.5) is 0 Å². The molecule has 24 heavy (non-hydrogen) atoms. The second-order valence-corrected chi connectivity index (χ2v) is 7.43. The van der Waals surface area contributed by atoms with Crippen LogP contribution in [0.25, 0.3) is 6.08 Å². The monoisotopic (exact) mass is 390 g/mol. The molecule has 0 N–H and O–H groups in total. The van der Waals surface area contributed by atoms with Crippen LogP contribution < -0.4 is 0 Å². The van der Waals surface area contributed by atoms with Crippen LogP contribution in [0, 0.1) is 5.92 Å². The first kappa shape index (κ1) is 17.2. The molecule has 1 aliphatic carbocycles. The quantitative estimate of drug-likeness (QED) is 0.742. The Morgan fingerprint density at radius 1 is 0.958 bits per heavy atom. The lowest BCUT2D eigenvalue weighted by Crippen LogP contribution is -2.51. The number of hydrogen-bond acceptors (Lipinski definition) is 2. The highest BCUT2D eigenvalue weighted by Crippen LogP contribution is 2.26. The van der Waals surface area contributed by atoms with Crippen LogP contribution in [0.2, 0.25) is 0 Å². The average Bonchev–Trinajstić information content (AvgIpc) is 3.15. The van der Waals surface area contributed by atoms with Crippen LogP contribution in [0.5, 0.6) is 0 Å². The minimum atomic E-state index is 0.0193. The van der Waals surface area contributed by atoms with Crippen molar-refractivity contribution in [3.63, 3.8) is 0 Å².